The highest BCUT2D eigenvalue weighted by Gasteiger charge is 2.42. The van der Waals surface area contributed by atoms with Gasteiger partial charge in [-0.25, -0.2) is 0 Å². The summed E-state index contributed by atoms with van der Waals surface area (Å²) in [6.07, 6.45) is 3.62. The molecule has 2 rings (SSSR count). The second-order valence-electron chi connectivity index (χ2n) is 3.02. The van der Waals surface area contributed by atoms with Gasteiger partial charge in [0, 0.05) is 12.3 Å². The fourth-order valence-corrected chi connectivity index (χ4v) is 3.14. The Hall–Kier alpha value is -0.180. The summed E-state index contributed by atoms with van der Waals surface area (Å²) in [4.78, 5) is 11.3. The molecule has 10 heavy (non-hydrogen) atoms. The lowest BCUT2D eigenvalue weighted by Gasteiger charge is -2.06. The second-order valence-corrected chi connectivity index (χ2v) is 4.38. The molecule has 0 N–H and O–H groups in total. The summed E-state index contributed by atoms with van der Waals surface area (Å²) >= 11 is 1.73. The van der Waals surface area contributed by atoms with Crippen LogP contribution >= 0.6 is 11.9 Å². The quantitative estimate of drug-likeness (QED) is 0.494. The third kappa shape index (κ3) is 0.764. The van der Waals surface area contributed by atoms with E-state index in [4.69, 9.17) is 0 Å². The maximum Gasteiger partial charge on any atom is 0.236 e. The van der Waals surface area contributed by atoms with Crippen LogP contribution in [0.1, 0.15) is 19.3 Å². The molecule has 1 amide bonds. The first-order valence-corrected chi connectivity index (χ1v) is 4.57. The number of fused-ring (bicyclic) bond motifs is 1. The molecule has 2 aliphatic rings. The third-order valence-electron chi connectivity index (χ3n) is 2.37. The number of hydrogen-bond donors (Lipinski definition) is 0. The number of carbonyl (C=O) groups excluding carboxylic acids is 1. The highest BCUT2D eigenvalue weighted by molar-refractivity contribution is 7.98. The molecule has 0 bridgehead atoms. The monoisotopic (exact) mass is 157 g/mol. The Morgan fingerprint density at radius 3 is 3.10 bits per heavy atom. The smallest absolute Gasteiger partial charge is 0.236 e. The average molecular weight is 157 g/mol. The molecule has 56 valence electrons. The molecule has 2 nitrogen and oxygen atoms in total. The fourth-order valence-electron chi connectivity index (χ4n) is 1.82. The summed E-state index contributed by atoms with van der Waals surface area (Å²) in [5.74, 6) is 0.725. The molecule has 1 aliphatic carbocycles. The third-order valence-corrected chi connectivity index (χ3v) is 3.70. The van der Waals surface area contributed by atoms with E-state index in [2.05, 4.69) is 0 Å². The fraction of sp³-hybridized carbons (Fsp3) is 0.857. The van der Waals surface area contributed by atoms with Gasteiger partial charge in [-0.15, -0.1) is 0 Å². The van der Waals surface area contributed by atoms with Crippen LogP contribution < -0.4 is 0 Å². The normalized spacial score (nSPS) is 38.9. The predicted molar refractivity (Wildman–Crippen MR) is 41.5 cm³/mol. The van der Waals surface area contributed by atoms with E-state index in [0.717, 1.165) is 6.42 Å². The highest BCUT2D eigenvalue weighted by atomic mass is 32.2. The molecule has 0 aromatic heterocycles. The summed E-state index contributed by atoms with van der Waals surface area (Å²) in [6, 6.07) is 0. The Morgan fingerprint density at radius 1 is 1.60 bits per heavy atom. The number of rotatable bonds is 0. The van der Waals surface area contributed by atoms with Crippen LogP contribution in [-0.2, 0) is 4.79 Å². The van der Waals surface area contributed by atoms with Gasteiger partial charge in [0.15, 0.2) is 0 Å². The van der Waals surface area contributed by atoms with Gasteiger partial charge in [-0.05, 0) is 24.8 Å². The number of nitrogens with zero attached hydrogens (tertiary/aromatic N) is 1. The van der Waals surface area contributed by atoms with E-state index in [1.54, 1.807) is 16.3 Å². The lowest BCUT2D eigenvalue weighted by atomic mass is 10.1. The molecule has 0 aromatic rings. The van der Waals surface area contributed by atoms with Crippen LogP contribution in [0.15, 0.2) is 0 Å². The Labute approximate surface area is 65.1 Å². The molecule has 1 heterocycles. The SMILES string of the molecule is CN1SC2CCCC2C1=O. The van der Waals surface area contributed by atoms with Crippen LogP contribution in [0.2, 0.25) is 0 Å². The van der Waals surface area contributed by atoms with Gasteiger partial charge < -0.3 is 0 Å². The molecule has 2 atom stereocenters. The summed E-state index contributed by atoms with van der Waals surface area (Å²) in [5.41, 5.74) is 0. The van der Waals surface area contributed by atoms with E-state index >= 15 is 0 Å². The summed E-state index contributed by atoms with van der Waals surface area (Å²) in [6.45, 7) is 0. The van der Waals surface area contributed by atoms with E-state index in [1.807, 2.05) is 7.05 Å². The Morgan fingerprint density at radius 2 is 2.40 bits per heavy atom. The minimum Gasteiger partial charge on any atom is -0.289 e. The second kappa shape index (κ2) is 2.16. The van der Waals surface area contributed by atoms with Gasteiger partial charge in [0.25, 0.3) is 0 Å². The maximum atomic E-state index is 11.3. The highest BCUT2D eigenvalue weighted by Crippen LogP contribution is 2.43. The van der Waals surface area contributed by atoms with Crippen LogP contribution in [0.5, 0.6) is 0 Å². The van der Waals surface area contributed by atoms with Crippen molar-refractivity contribution < 1.29 is 4.79 Å². The molecule has 1 saturated heterocycles. The lowest BCUT2D eigenvalue weighted by molar-refractivity contribution is -0.127. The number of hydrogen-bond acceptors (Lipinski definition) is 2. The zero-order valence-electron chi connectivity index (χ0n) is 6.04. The molecule has 3 heteroatoms. The van der Waals surface area contributed by atoms with Gasteiger partial charge in [-0.2, -0.15) is 0 Å². The topological polar surface area (TPSA) is 20.3 Å². The van der Waals surface area contributed by atoms with E-state index in [9.17, 15) is 4.79 Å². The minimum atomic E-state index is 0.354. The maximum absolute atomic E-state index is 11.3. The van der Waals surface area contributed by atoms with Crippen LogP contribution in [0.4, 0.5) is 0 Å². The van der Waals surface area contributed by atoms with E-state index in [0.29, 0.717) is 17.1 Å². The van der Waals surface area contributed by atoms with Crippen molar-refractivity contribution >= 4 is 17.9 Å². The first kappa shape index (κ1) is 6.53. The summed E-state index contributed by atoms with van der Waals surface area (Å²) < 4.78 is 1.80. The Bertz CT molecular complexity index is 171. The van der Waals surface area contributed by atoms with E-state index < -0.39 is 0 Å². The zero-order valence-corrected chi connectivity index (χ0v) is 6.86. The first-order valence-electron chi connectivity index (χ1n) is 3.73. The van der Waals surface area contributed by atoms with Gasteiger partial charge >= 0.3 is 0 Å². The van der Waals surface area contributed by atoms with Crippen molar-refractivity contribution in [3.63, 3.8) is 0 Å². The van der Waals surface area contributed by atoms with Crippen molar-refractivity contribution in [1.29, 1.82) is 0 Å². The molecule has 2 fully saturated rings. The number of amides is 1. The summed E-state index contributed by atoms with van der Waals surface area (Å²) in [5, 5.41) is 0.623. The molecular weight excluding hydrogens is 146 g/mol. The molecular formula is C7H11NOS. The van der Waals surface area contributed by atoms with Crippen molar-refractivity contribution in [1.82, 2.24) is 4.31 Å². The van der Waals surface area contributed by atoms with Gasteiger partial charge in [0.05, 0.1) is 5.92 Å². The molecule has 1 aliphatic heterocycles. The van der Waals surface area contributed by atoms with Crippen molar-refractivity contribution in [3.8, 4) is 0 Å². The van der Waals surface area contributed by atoms with Gasteiger partial charge in [-0.3, -0.25) is 9.10 Å². The number of carbonyl (C=O) groups is 1. The Kier molecular flexibility index (Phi) is 1.41. The summed E-state index contributed by atoms with van der Waals surface area (Å²) in [7, 11) is 1.88. The zero-order chi connectivity index (χ0) is 7.14. The van der Waals surface area contributed by atoms with E-state index in [-0.39, 0.29) is 0 Å². The van der Waals surface area contributed by atoms with Crippen LogP contribution in [0.25, 0.3) is 0 Å². The van der Waals surface area contributed by atoms with Gasteiger partial charge in [0.1, 0.15) is 0 Å². The Balaban J connectivity index is 2.17. The van der Waals surface area contributed by atoms with Gasteiger partial charge in [0.2, 0.25) is 5.91 Å². The van der Waals surface area contributed by atoms with Gasteiger partial charge in [-0.1, -0.05) is 6.42 Å². The molecule has 0 aromatic carbocycles. The predicted octanol–water partition coefficient (Wildman–Crippen LogP) is 1.28. The first-order chi connectivity index (χ1) is 4.79. The molecule has 0 spiro atoms. The largest absolute Gasteiger partial charge is 0.289 e. The van der Waals surface area contributed by atoms with Crippen molar-refractivity contribution in [2.75, 3.05) is 7.05 Å². The van der Waals surface area contributed by atoms with Crippen LogP contribution in [0.3, 0.4) is 0 Å². The van der Waals surface area contributed by atoms with E-state index in [1.165, 1.54) is 12.8 Å². The van der Waals surface area contributed by atoms with Crippen molar-refractivity contribution in [2.24, 2.45) is 5.92 Å². The standard InChI is InChI=1S/C7H11NOS/c1-8-7(9)5-3-2-4-6(5)10-8/h5-6H,2-4H2,1H3. The lowest BCUT2D eigenvalue weighted by Crippen LogP contribution is -2.19. The van der Waals surface area contributed by atoms with Crippen molar-refractivity contribution in [2.45, 2.75) is 24.5 Å². The van der Waals surface area contributed by atoms with Crippen LogP contribution in [0, 0.1) is 5.92 Å². The minimum absolute atomic E-state index is 0.354. The van der Waals surface area contributed by atoms with Crippen molar-refractivity contribution in [3.05, 3.63) is 0 Å². The molecule has 0 radical (unpaired) electrons. The average Bonchev–Trinajstić information content (AvgIpc) is 2.41. The van der Waals surface area contributed by atoms with Crippen LogP contribution in [-0.4, -0.2) is 22.5 Å². The molecule has 1 saturated carbocycles. The molecule has 2 unspecified atom stereocenters.